The van der Waals surface area contributed by atoms with Crippen LogP contribution in [0.4, 0.5) is 0 Å². The number of aromatic nitrogens is 2. The van der Waals surface area contributed by atoms with Crippen LogP contribution in [0.5, 0.6) is 0 Å². The topological polar surface area (TPSA) is 80.9 Å². The first-order valence-electron chi connectivity index (χ1n) is 6.03. The van der Waals surface area contributed by atoms with Gasteiger partial charge in [0, 0.05) is 11.1 Å². The van der Waals surface area contributed by atoms with Gasteiger partial charge in [-0.25, -0.2) is 4.98 Å². The van der Waals surface area contributed by atoms with Crippen LogP contribution in [0.15, 0.2) is 24.5 Å². The van der Waals surface area contributed by atoms with Gasteiger partial charge in [-0.3, -0.25) is 9.78 Å². The molecule has 2 heterocycles. The van der Waals surface area contributed by atoms with E-state index in [1.54, 1.807) is 6.20 Å². The van der Waals surface area contributed by atoms with Crippen LogP contribution in [0, 0.1) is 18.8 Å². The second kappa shape index (κ2) is 6.80. The van der Waals surface area contributed by atoms with Crippen molar-refractivity contribution in [3.8, 4) is 11.8 Å². The Balaban J connectivity index is 1.93. The van der Waals surface area contributed by atoms with Gasteiger partial charge in [0.25, 0.3) is 5.91 Å². The molecule has 0 spiro atoms. The van der Waals surface area contributed by atoms with Crippen LogP contribution in [-0.4, -0.2) is 22.4 Å². The van der Waals surface area contributed by atoms with E-state index in [0.717, 1.165) is 15.4 Å². The molecule has 0 atom stereocenters. The lowest BCUT2D eigenvalue weighted by molar-refractivity contribution is 0.0946. The maximum atomic E-state index is 11.9. The number of hydrogen-bond acceptors (Lipinski definition) is 5. The molecule has 20 heavy (non-hydrogen) atoms. The number of hydrogen-bond donors (Lipinski definition) is 2. The third-order valence-corrected chi connectivity index (χ3v) is 3.41. The summed E-state index contributed by atoms with van der Waals surface area (Å²) in [6, 6.07) is 3.85. The summed E-state index contributed by atoms with van der Waals surface area (Å²) in [5.74, 6) is 5.52. The summed E-state index contributed by atoms with van der Waals surface area (Å²) < 4.78 is 0. The molecule has 0 saturated carbocycles. The molecular formula is C14H14N4OS. The fourth-order valence-electron chi connectivity index (χ4n) is 1.45. The lowest BCUT2D eigenvalue weighted by Gasteiger charge is -2.02. The van der Waals surface area contributed by atoms with Gasteiger partial charge in [0.15, 0.2) is 0 Å². The van der Waals surface area contributed by atoms with E-state index in [4.69, 9.17) is 5.73 Å². The first-order chi connectivity index (χ1) is 9.69. The number of amides is 1. The third kappa shape index (κ3) is 3.88. The Morgan fingerprint density at radius 1 is 1.40 bits per heavy atom. The molecule has 102 valence electrons. The molecule has 0 unspecified atom stereocenters. The van der Waals surface area contributed by atoms with E-state index in [1.165, 1.54) is 17.5 Å². The summed E-state index contributed by atoms with van der Waals surface area (Å²) in [4.78, 5) is 21.9. The van der Waals surface area contributed by atoms with Crippen LogP contribution in [-0.2, 0) is 6.54 Å². The highest BCUT2D eigenvalue weighted by atomic mass is 32.1. The molecule has 0 radical (unpaired) electrons. The van der Waals surface area contributed by atoms with Gasteiger partial charge in [0.05, 0.1) is 29.9 Å². The zero-order valence-corrected chi connectivity index (χ0v) is 11.8. The smallest absolute Gasteiger partial charge is 0.271 e. The molecule has 0 aromatic carbocycles. The van der Waals surface area contributed by atoms with Gasteiger partial charge in [-0.15, -0.1) is 11.3 Å². The van der Waals surface area contributed by atoms with Crippen molar-refractivity contribution < 1.29 is 4.79 Å². The Kier molecular flexibility index (Phi) is 4.82. The molecule has 0 bridgehead atoms. The minimum Gasteiger partial charge on any atom is -0.346 e. The van der Waals surface area contributed by atoms with Crippen molar-refractivity contribution in [2.75, 3.05) is 6.54 Å². The number of thiophene rings is 1. The van der Waals surface area contributed by atoms with Crippen molar-refractivity contribution in [3.05, 3.63) is 45.7 Å². The van der Waals surface area contributed by atoms with Crippen LogP contribution >= 0.6 is 11.3 Å². The largest absolute Gasteiger partial charge is 0.346 e. The average molecular weight is 286 g/mol. The zero-order chi connectivity index (χ0) is 14.4. The fourth-order valence-corrected chi connectivity index (χ4v) is 2.27. The third-order valence-electron chi connectivity index (χ3n) is 2.41. The van der Waals surface area contributed by atoms with E-state index in [-0.39, 0.29) is 5.91 Å². The molecule has 2 aromatic heterocycles. The van der Waals surface area contributed by atoms with Gasteiger partial charge in [-0.1, -0.05) is 11.8 Å². The van der Waals surface area contributed by atoms with Crippen molar-refractivity contribution in [3.63, 3.8) is 0 Å². The number of aryl methyl sites for hydroxylation is 1. The molecule has 0 saturated heterocycles. The van der Waals surface area contributed by atoms with E-state index < -0.39 is 0 Å². The molecule has 0 aliphatic carbocycles. The maximum absolute atomic E-state index is 11.9. The van der Waals surface area contributed by atoms with Gasteiger partial charge in [-0.05, 0) is 19.1 Å². The number of rotatable bonds is 3. The molecule has 2 rings (SSSR count). The predicted octanol–water partition coefficient (Wildman–Crippen LogP) is 1.09. The Morgan fingerprint density at radius 2 is 2.25 bits per heavy atom. The molecular weight excluding hydrogens is 272 g/mol. The minimum atomic E-state index is -0.236. The quantitative estimate of drug-likeness (QED) is 0.828. The Labute approximate surface area is 121 Å². The number of carbonyl (C=O) groups excluding carboxylic acids is 1. The zero-order valence-electron chi connectivity index (χ0n) is 11.0. The van der Waals surface area contributed by atoms with Crippen molar-refractivity contribution in [2.24, 2.45) is 5.73 Å². The van der Waals surface area contributed by atoms with Gasteiger partial charge >= 0.3 is 0 Å². The standard InChI is InChI=1S/C14H14N4OS/c1-10-7-17-13(9-16-10)14(19)18-8-12-5-4-11(20-12)3-2-6-15/h4-5,7,9H,6,8,15H2,1H3,(H,18,19). The first-order valence-corrected chi connectivity index (χ1v) is 6.85. The molecule has 6 heteroatoms. The SMILES string of the molecule is Cc1cnc(C(=O)NCc2ccc(C#CCN)s2)cn1. The van der Waals surface area contributed by atoms with Crippen LogP contribution in [0.1, 0.15) is 25.9 Å². The molecule has 3 N–H and O–H groups in total. The van der Waals surface area contributed by atoms with Gasteiger partial charge in [0.1, 0.15) is 5.69 Å². The highest BCUT2D eigenvalue weighted by Crippen LogP contribution is 2.15. The molecule has 5 nitrogen and oxygen atoms in total. The summed E-state index contributed by atoms with van der Waals surface area (Å²) in [6.07, 6.45) is 3.04. The molecule has 0 aliphatic heterocycles. The summed E-state index contributed by atoms with van der Waals surface area (Å²) in [7, 11) is 0. The maximum Gasteiger partial charge on any atom is 0.271 e. The molecule has 0 aliphatic rings. The summed E-state index contributed by atoms with van der Waals surface area (Å²) in [5, 5.41) is 2.80. The number of carbonyl (C=O) groups is 1. The van der Waals surface area contributed by atoms with Gasteiger partial charge in [0.2, 0.25) is 0 Å². The number of nitrogens with one attached hydrogen (secondary N) is 1. The summed E-state index contributed by atoms with van der Waals surface area (Å²) >= 11 is 1.53. The fraction of sp³-hybridized carbons (Fsp3) is 0.214. The van der Waals surface area contributed by atoms with Crippen LogP contribution < -0.4 is 11.1 Å². The van der Waals surface area contributed by atoms with E-state index in [9.17, 15) is 4.79 Å². The van der Waals surface area contributed by atoms with Gasteiger partial charge in [-0.2, -0.15) is 0 Å². The molecule has 2 aromatic rings. The summed E-state index contributed by atoms with van der Waals surface area (Å²) in [6.45, 7) is 2.61. The Hall–Kier alpha value is -2.23. The van der Waals surface area contributed by atoms with E-state index in [0.29, 0.717) is 18.8 Å². The Bertz CT molecular complexity index is 652. The second-order valence-corrected chi connectivity index (χ2v) is 5.17. The molecule has 0 fully saturated rings. The minimum absolute atomic E-state index is 0.236. The van der Waals surface area contributed by atoms with Crippen molar-refractivity contribution in [2.45, 2.75) is 13.5 Å². The van der Waals surface area contributed by atoms with Crippen molar-refractivity contribution >= 4 is 17.2 Å². The van der Waals surface area contributed by atoms with E-state index in [1.807, 2.05) is 19.1 Å². The van der Waals surface area contributed by atoms with Crippen LogP contribution in [0.2, 0.25) is 0 Å². The van der Waals surface area contributed by atoms with Crippen LogP contribution in [0.3, 0.4) is 0 Å². The highest BCUT2D eigenvalue weighted by molar-refractivity contribution is 7.12. The monoisotopic (exact) mass is 286 g/mol. The first kappa shape index (κ1) is 14.2. The lowest BCUT2D eigenvalue weighted by Crippen LogP contribution is -2.23. The second-order valence-electron chi connectivity index (χ2n) is 4.00. The van der Waals surface area contributed by atoms with Crippen molar-refractivity contribution in [1.82, 2.24) is 15.3 Å². The Morgan fingerprint density at radius 3 is 2.95 bits per heavy atom. The van der Waals surface area contributed by atoms with Crippen molar-refractivity contribution in [1.29, 1.82) is 0 Å². The predicted molar refractivity (Wildman–Crippen MR) is 78.2 cm³/mol. The van der Waals surface area contributed by atoms with E-state index in [2.05, 4.69) is 27.1 Å². The lowest BCUT2D eigenvalue weighted by atomic mass is 10.3. The van der Waals surface area contributed by atoms with Gasteiger partial charge < -0.3 is 11.1 Å². The van der Waals surface area contributed by atoms with Crippen LogP contribution in [0.25, 0.3) is 0 Å². The van der Waals surface area contributed by atoms with E-state index >= 15 is 0 Å². The summed E-state index contributed by atoms with van der Waals surface area (Å²) in [5.41, 5.74) is 6.41. The molecule has 1 amide bonds. The number of nitrogens with zero attached hydrogens (tertiary/aromatic N) is 2. The normalized spacial score (nSPS) is 9.70. The average Bonchev–Trinajstić information content (AvgIpc) is 2.91. The number of nitrogens with two attached hydrogens (primary N) is 1. The highest BCUT2D eigenvalue weighted by Gasteiger charge is 2.07.